The van der Waals surface area contributed by atoms with E-state index >= 15 is 0 Å². The van der Waals surface area contributed by atoms with Gasteiger partial charge in [0, 0.05) is 13.0 Å². The second kappa shape index (κ2) is 7.63. The molecule has 0 bridgehead atoms. The van der Waals surface area contributed by atoms with Crippen LogP contribution in [0.2, 0.25) is 0 Å². The minimum atomic E-state index is -1.07. The highest BCUT2D eigenvalue weighted by atomic mass is 16.5. The molecule has 1 amide bonds. The van der Waals surface area contributed by atoms with Crippen molar-refractivity contribution in [2.45, 2.75) is 38.5 Å². The van der Waals surface area contributed by atoms with Crippen LogP contribution in [0.1, 0.15) is 30.6 Å². The zero-order chi connectivity index (χ0) is 17.9. The summed E-state index contributed by atoms with van der Waals surface area (Å²) in [4.78, 5) is 24.5. The van der Waals surface area contributed by atoms with Crippen LogP contribution in [0.25, 0.3) is 0 Å². The number of benzene rings is 1. The summed E-state index contributed by atoms with van der Waals surface area (Å²) in [6.45, 7) is 3.96. The van der Waals surface area contributed by atoms with Crippen molar-refractivity contribution in [1.82, 2.24) is 4.90 Å². The van der Waals surface area contributed by atoms with Crippen LogP contribution in [0.3, 0.4) is 0 Å². The number of carbonyl (C=O) groups excluding carboxylic acids is 1. The van der Waals surface area contributed by atoms with Crippen molar-refractivity contribution in [2.24, 2.45) is 5.92 Å². The van der Waals surface area contributed by atoms with Gasteiger partial charge in [-0.1, -0.05) is 13.8 Å². The van der Waals surface area contributed by atoms with Crippen molar-refractivity contribution in [3.63, 3.8) is 0 Å². The van der Waals surface area contributed by atoms with Gasteiger partial charge in [0.15, 0.2) is 0 Å². The Morgan fingerprint density at radius 1 is 1.25 bits per heavy atom. The lowest BCUT2D eigenvalue weighted by molar-refractivity contribution is -0.134. The molecule has 0 radical (unpaired) electrons. The van der Waals surface area contributed by atoms with Crippen LogP contribution in [-0.2, 0) is 4.79 Å². The number of carboxylic acid groups (broad SMARTS) is 1. The minimum Gasteiger partial charge on any atom is -0.491 e. The predicted molar refractivity (Wildman–Crippen MR) is 85.9 cm³/mol. The maximum absolute atomic E-state index is 12.3. The van der Waals surface area contributed by atoms with Gasteiger partial charge in [0.25, 0.3) is 0 Å². The first-order valence-corrected chi connectivity index (χ1v) is 7.91. The number of nitrogens with zero attached hydrogens (tertiary/aromatic N) is 1. The molecule has 0 spiro atoms. The Morgan fingerprint density at radius 2 is 1.88 bits per heavy atom. The van der Waals surface area contributed by atoms with E-state index in [0.29, 0.717) is 12.2 Å². The second-order valence-corrected chi connectivity index (χ2v) is 6.41. The standard InChI is InChI=1S/C17H23NO6/c1-10(2)7-15(20)18-8-14(19)16(21)13(18)9-24-12-5-3-11(4-6-12)17(22)23/h3-6,10,13-14,16,19,21H,7-9H2,1-2H3,(H,22,23)/t13-,14+,16-/m1/s1. The van der Waals surface area contributed by atoms with E-state index in [1.807, 2.05) is 13.8 Å². The molecule has 2 rings (SSSR count). The first-order chi connectivity index (χ1) is 11.3. The highest BCUT2D eigenvalue weighted by molar-refractivity contribution is 5.87. The Hall–Kier alpha value is -2.12. The van der Waals surface area contributed by atoms with Crippen molar-refractivity contribution in [3.05, 3.63) is 29.8 Å². The molecule has 7 heteroatoms. The van der Waals surface area contributed by atoms with Gasteiger partial charge in [0.05, 0.1) is 17.7 Å². The van der Waals surface area contributed by atoms with Crippen LogP contribution in [0.5, 0.6) is 5.75 Å². The van der Waals surface area contributed by atoms with Crippen molar-refractivity contribution in [3.8, 4) is 5.75 Å². The van der Waals surface area contributed by atoms with Crippen LogP contribution in [-0.4, -0.2) is 63.5 Å². The van der Waals surface area contributed by atoms with Gasteiger partial charge >= 0.3 is 5.97 Å². The molecule has 1 aliphatic rings. The number of aromatic carboxylic acids is 1. The zero-order valence-electron chi connectivity index (χ0n) is 13.8. The fourth-order valence-electron chi connectivity index (χ4n) is 2.70. The lowest BCUT2D eigenvalue weighted by Gasteiger charge is -2.26. The van der Waals surface area contributed by atoms with Gasteiger partial charge in [0.2, 0.25) is 5.91 Å². The van der Waals surface area contributed by atoms with Crippen molar-refractivity contribution in [2.75, 3.05) is 13.2 Å². The maximum Gasteiger partial charge on any atom is 0.335 e. The Kier molecular flexibility index (Phi) is 5.80. The molecule has 0 aliphatic carbocycles. The van der Waals surface area contributed by atoms with E-state index in [1.165, 1.54) is 29.2 Å². The molecule has 0 unspecified atom stereocenters. The number of likely N-dealkylation sites (tertiary alicyclic amines) is 1. The second-order valence-electron chi connectivity index (χ2n) is 6.41. The molecule has 1 aromatic carbocycles. The summed E-state index contributed by atoms with van der Waals surface area (Å²) < 4.78 is 5.57. The smallest absolute Gasteiger partial charge is 0.335 e. The number of aliphatic hydroxyl groups is 2. The van der Waals surface area contributed by atoms with Gasteiger partial charge in [-0.2, -0.15) is 0 Å². The molecule has 1 aliphatic heterocycles. The minimum absolute atomic E-state index is 0.0223. The molecule has 1 fully saturated rings. The summed E-state index contributed by atoms with van der Waals surface area (Å²) in [7, 11) is 0. The molecule has 0 aromatic heterocycles. The Morgan fingerprint density at radius 3 is 2.42 bits per heavy atom. The SMILES string of the molecule is CC(C)CC(=O)N1C[C@H](O)[C@H](O)[C@H]1COc1ccc(C(=O)O)cc1. The largest absolute Gasteiger partial charge is 0.491 e. The van der Waals surface area contributed by atoms with Gasteiger partial charge in [-0.15, -0.1) is 0 Å². The molecular formula is C17H23NO6. The number of rotatable bonds is 6. The quantitative estimate of drug-likeness (QED) is 0.707. The molecule has 1 aromatic rings. The third-order valence-electron chi connectivity index (χ3n) is 4.00. The fraction of sp³-hybridized carbons (Fsp3) is 0.529. The molecule has 132 valence electrons. The molecule has 24 heavy (non-hydrogen) atoms. The Bertz CT molecular complexity index is 585. The molecular weight excluding hydrogens is 314 g/mol. The van der Waals surface area contributed by atoms with Crippen molar-refractivity contribution in [1.29, 1.82) is 0 Å². The van der Waals surface area contributed by atoms with Gasteiger partial charge in [-0.05, 0) is 30.2 Å². The normalized spacial score (nSPS) is 23.5. The number of ether oxygens (including phenoxy) is 1. The van der Waals surface area contributed by atoms with Crippen molar-refractivity contribution >= 4 is 11.9 Å². The summed E-state index contributed by atoms with van der Waals surface area (Å²) in [5, 5.41) is 28.8. The number of amides is 1. The Balaban J connectivity index is 2.02. The average Bonchev–Trinajstić information content (AvgIpc) is 2.80. The molecule has 3 atom stereocenters. The summed E-state index contributed by atoms with van der Waals surface area (Å²) in [6.07, 6.45) is -1.73. The zero-order valence-corrected chi connectivity index (χ0v) is 13.8. The average molecular weight is 337 g/mol. The summed E-state index contributed by atoms with van der Waals surface area (Å²) in [6, 6.07) is 5.23. The van der Waals surface area contributed by atoms with Crippen LogP contribution in [0.4, 0.5) is 0 Å². The van der Waals surface area contributed by atoms with E-state index in [1.54, 1.807) is 0 Å². The summed E-state index contributed by atoms with van der Waals surface area (Å²) in [5.74, 6) is -0.542. The third kappa shape index (κ3) is 4.24. The number of β-amino-alcohol motifs (C(OH)–C–C–N with tert-alkyl or cyclic N) is 1. The van der Waals surface area contributed by atoms with Gasteiger partial charge in [-0.25, -0.2) is 4.79 Å². The lowest BCUT2D eigenvalue weighted by atomic mass is 10.1. The first kappa shape index (κ1) is 18.2. The van der Waals surface area contributed by atoms with Gasteiger partial charge < -0.3 is 25.0 Å². The van der Waals surface area contributed by atoms with Gasteiger partial charge in [-0.3, -0.25) is 4.79 Å². The molecule has 1 saturated heterocycles. The van der Waals surface area contributed by atoms with Crippen LogP contribution in [0.15, 0.2) is 24.3 Å². The van der Waals surface area contributed by atoms with E-state index in [4.69, 9.17) is 9.84 Å². The fourth-order valence-corrected chi connectivity index (χ4v) is 2.70. The lowest BCUT2D eigenvalue weighted by Crippen LogP contribution is -2.44. The number of carboxylic acids is 1. The number of hydrogen-bond acceptors (Lipinski definition) is 5. The summed E-state index contributed by atoms with van der Waals surface area (Å²) >= 11 is 0. The van der Waals surface area contributed by atoms with E-state index in [-0.39, 0.29) is 30.5 Å². The Labute approximate surface area is 140 Å². The summed E-state index contributed by atoms with van der Waals surface area (Å²) in [5.41, 5.74) is 0.146. The number of aliphatic hydroxyl groups excluding tert-OH is 2. The number of carbonyl (C=O) groups is 2. The predicted octanol–water partition coefficient (Wildman–Crippen LogP) is 0.742. The first-order valence-electron chi connectivity index (χ1n) is 7.91. The highest BCUT2D eigenvalue weighted by Crippen LogP contribution is 2.22. The third-order valence-corrected chi connectivity index (χ3v) is 4.00. The van der Waals surface area contributed by atoms with Crippen LogP contribution < -0.4 is 4.74 Å². The van der Waals surface area contributed by atoms with E-state index in [2.05, 4.69) is 0 Å². The maximum atomic E-state index is 12.3. The molecule has 3 N–H and O–H groups in total. The van der Waals surface area contributed by atoms with Gasteiger partial charge in [0.1, 0.15) is 18.5 Å². The molecule has 1 heterocycles. The van der Waals surface area contributed by atoms with E-state index in [9.17, 15) is 19.8 Å². The van der Waals surface area contributed by atoms with Crippen LogP contribution in [0, 0.1) is 5.92 Å². The molecule has 7 nitrogen and oxygen atoms in total. The van der Waals surface area contributed by atoms with Crippen molar-refractivity contribution < 1.29 is 29.6 Å². The van der Waals surface area contributed by atoms with Crippen LogP contribution >= 0.6 is 0 Å². The number of hydrogen-bond donors (Lipinski definition) is 3. The topological polar surface area (TPSA) is 107 Å². The molecule has 0 saturated carbocycles. The highest BCUT2D eigenvalue weighted by Gasteiger charge is 2.42. The van der Waals surface area contributed by atoms with E-state index < -0.39 is 24.2 Å². The van der Waals surface area contributed by atoms with E-state index in [0.717, 1.165) is 0 Å². The monoisotopic (exact) mass is 337 g/mol.